The topological polar surface area (TPSA) is 78.4 Å². The van der Waals surface area contributed by atoms with Crippen LogP contribution in [-0.4, -0.2) is 34.2 Å². The standard InChI is InChI=1S/C8H9BN2O3/c1-14-5-2-6(9(12)13)8-7(3-5)10-4-11-8/h2-4,12-13H,1H3,(H,10,11). The molecule has 1 aromatic heterocycles. The number of ether oxygens (including phenoxy) is 1. The molecule has 0 fully saturated rings. The number of hydrogen-bond donors (Lipinski definition) is 3. The van der Waals surface area contributed by atoms with Crippen LogP contribution in [0.2, 0.25) is 0 Å². The summed E-state index contributed by atoms with van der Waals surface area (Å²) in [7, 11) is -0.0265. The number of nitrogens with one attached hydrogen (secondary N) is 1. The van der Waals surface area contributed by atoms with Crippen molar-refractivity contribution >= 4 is 23.6 Å². The number of rotatable bonds is 2. The molecule has 0 aliphatic carbocycles. The van der Waals surface area contributed by atoms with Gasteiger partial charge in [0.15, 0.2) is 0 Å². The number of fused-ring (bicyclic) bond motifs is 1. The fraction of sp³-hybridized carbons (Fsp3) is 0.125. The quantitative estimate of drug-likeness (QED) is 0.547. The minimum Gasteiger partial charge on any atom is -0.497 e. The number of aromatic amines is 1. The van der Waals surface area contributed by atoms with E-state index in [-0.39, 0.29) is 0 Å². The molecule has 72 valence electrons. The molecule has 0 amide bonds. The summed E-state index contributed by atoms with van der Waals surface area (Å²) in [4.78, 5) is 6.86. The molecule has 3 N–H and O–H groups in total. The maximum Gasteiger partial charge on any atom is 0.490 e. The summed E-state index contributed by atoms with van der Waals surface area (Å²) in [5.74, 6) is 0.560. The Labute approximate surface area is 80.5 Å². The number of nitrogens with zero attached hydrogens (tertiary/aromatic N) is 1. The molecule has 2 rings (SSSR count). The van der Waals surface area contributed by atoms with E-state index in [1.165, 1.54) is 13.4 Å². The molecule has 14 heavy (non-hydrogen) atoms. The van der Waals surface area contributed by atoms with Gasteiger partial charge in [-0.05, 0) is 6.07 Å². The van der Waals surface area contributed by atoms with Crippen LogP contribution >= 0.6 is 0 Å². The molecular formula is C8H9BN2O3. The maximum absolute atomic E-state index is 9.11. The van der Waals surface area contributed by atoms with Crippen molar-refractivity contribution in [2.24, 2.45) is 0 Å². The Balaban J connectivity index is 2.70. The van der Waals surface area contributed by atoms with Crippen molar-refractivity contribution in [2.45, 2.75) is 0 Å². The summed E-state index contributed by atoms with van der Waals surface area (Å²) < 4.78 is 5.01. The van der Waals surface area contributed by atoms with Gasteiger partial charge in [-0.15, -0.1) is 0 Å². The Morgan fingerprint density at radius 1 is 1.43 bits per heavy atom. The Bertz CT molecular complexity index is 455. The zero-order chi connectivity index (χ0) is 10.1. The van der Waals surface area contributed by atoms with Crippen molar-refractivity contribution in [3.8, 4) is 5.75 Å². The Morgan fingerprint density at radius 3 is 2.86 bits per heavy atom. The van der Waals surface area contributed by atoms with Crippen molar-refractivity contribution in [3.05, 3.63) is 18.5 Å². The Morgan fingerprint density at radius 2 is 2.21 bits per heavy atom. The van der Waals surface area contributed by atoms with Gasteiger partial charge in [0.25, 0.3) is 0 Å². The molecule has 0 aliphatic heterocycles. The highest BCUT2D eigenvalue weighted by Gasteiger charge is 2.17. The first-order valence-corrected chi connectivity index (χ1v) is 4.09. The van der Waals surface area contributed by atoms with Gasteiger partial charge in [-0.25, -0.2) is 4.98 Å². The molecule has 2 aromatic rings. The molecule has 0 spiro atoms. The molecule has 1 heterocycles. The molecule has 0 bridgehead atoms. The number of methoxy groups -OCH3 is 1. The molecule has 0 atom stereocenters. The van der Waals surface area contributed by atoms with E-state index >= 15 is 0 Å². The van der Waals surface area contributed by atoms with E-state index in [0.717, 1.165) is 0 Å². The summed E-state index contributed by atoms with van der Waals surface area (Å²) in [6, 6.07) is 3.29. The molecule has 0 saturated heterocycles. The van der Waals surface area contributed by atoms with Gasteiger partial charge >= 0.3 is 7.12 Å². The maximum atomic E-state index is 9.11. The molecule has 6 heteroatoms. The Kier molecular flexibility index (Phi) is 2.15. The van der Waals surface area contributed by atoms with Crippen LogP contribution in [0.5, 0.6) is 5.75 Å². The lowest BCUT2D eigenvalue weighted by Crippen LogP contribution is -2.30. The van der Waals surface area contributed by atoms with Crippen LogP contribution in [0.15, 0.2) is 18.5 Å². The second kappa shape index (κ2) is 3.32. The minimum atomic E-state index is -1.55. The van der Waals surface area contributed by atoms with Crippen LogP contribution in [0.25, 0.3) is 11.0 Å². The Hall–Kier alpha value is -1.53. The van der Waals surface area contributed by atoms with E-state index in [1.807, 2.05) is 0 Å². The lowest BCUT2D eigenvalue weighted by Gasteiger charge is -2.04. The van der Waals surface area contributed by atoms with Crippen LogP contribution in [0.4, 0.5) is 0 Å². The van der Waals surface area contributed by atoms with E-state index < -0.39 is 7.12 Å². The molecule has 5 nitrogen and oxygen atoms in total. The predicted molar refractivity (Wildman–Crippen MR) is 52.5 cm³/mol. The molecule has 1 aromatic carbocycles. The molecule has 0 unspecified atom stereocenters. The smallest absolute Gasteiger partial charge is 0.490 e. The summed E-state index contributed by atoms with van der Waals surface area (Å²) in [5, 5.41) is 18.2. The average molecular weight is 192 g/mol. The third-order valence-corrected chi connectivity index (χ3v) is 2.04. The highest BCUT2D eigenvalue weighted by molar-refractivity contribution is 6.61. The van der Waals surface area contributed by atoms with Crippen molar-refractivity contribution in [2.75, 3.05) is 7.11 Å². The zero-order valence-electron chi connectivity index (χ0n) is 7.56. The van der Waals surface area contributed by atoms with Crippen LogP contribution < -0.4 is 10.2 Å². The van der Waals surface area contributed by atoms with Gasteiger partial charge in [0, 0.05) is 11.5 Å². The lowest BCUT2D eigenvalue weighted by atomic mass is 9.79. The molecule has 0 aliphatic rings. The van der Waals surface area contributed by atoms with Crippen LogP contribution in [0.1, 0.15) is 0 Å². The van der Waals surface area contributed by atoms with Gasteiger partial charge in [0.05, 0.1) is 24.5 Å². The first kappa shape index (κ1) is 9.05. The third kappa shape index (κ3) is 1.34. The average Bonchev–Trinajstić information content (AvgIpc) is 2.63. The highest BCUT2D eigenvalue weighted by Crippen LogP contribution is 2.15. The summed E-state index contributed by atoms with van der Waals surface area (Å²) in [6.07, 6.45) is 1.50. The van der Waals surface area contributed by atoms with E-state index in [1.54, 1.807) is 12.1 Å². The van der Waals surface area contributed by atoms with Crippen molar-refractivity contribution in [1.29, 1.82) is 0 Å². The van der Waals surface area contributed by atoms with E-state index in [2.05, 4.69) is 9.97 Å². The highest BCUT2D eigenvalue weighted by atomic mass is 16.5. The minimum absolute atomic E-state index is 0.334. The molecular weight excluding hydrogens is 183 g/mol. The van der Waals surface area contributed by atoms with Gasteiger partial charge in [0.1, 0.15) is 5.75 Å². The number of H-pyrrole nitrogens is 1. The van der Waals surface area contributed by atoms with Crippen molar-refractivity contribution in [1.82, 2.24) is 9.97 Å². The van der Waals surface area contributed by atoms with Crippen LogP contribution in [0.3, 0.4) is 0 Å². The van der Waals surface area contributed by atoms with Crippen molar-refractivity contribution < 1.29 is 14.8 Å². The number of benzene rings is 1. The second-order valence-electron chi connectivity index (χ2n) is 2.89. The summed E-state index contributed by atoms with van der Waals surface area (Å²) >= 11 is 0. The predicted octanol–water partition coefficient (Wildman–Crippen LogP) is -0.749. The van der Waals surface area contributed by atoms with E-state index in [4.69, 9.17) is 14.8 Å². The van der Waals surface area contributed by atoms with Crippen molar-refractivity contribution in [3.63, 3.8) is 0 Å². The SMILES string of the molecule is COc1cc(B(O)O)c2nc[nH]c2c1. The van der Waals surface area contributed by atoms with Gasteiger partial charge < -0.3 is 19.8 Å². The third-order valence-electron chi connectivity index (χ3n) is 2.04. The monoisotopic (exact) mass is 192 g/mol. The van der Waals surface area contributed by atoms with Crippen LogP contribution in [-0.2, 0) is 0 Å². The fourth-order valence-electron chi connectivity index (χ4n) is 1.36. The lowest BCUT2D eigenvalue weighted by molar-refractivity contribution is 0.412. The van der Waals surface area contributed by atoms with Crippen LogP contribution in [0, 0.1) is 0 Å². The van der Waals surface area contributed by atoms with Gasteiger partial charge in [-0.3, -0.25) is 0 Å². The largest absolute Gasteiger partial charge is 0.497 e. The number of imidazole rings is 1. The summed E-state index contributed by atoms with van der Waals surface area (Å²) in [6.45, 7) is 0. The first-order valence-electron chi connectivity index (χ1n) is 4.09. The number of hydrogen-bond acceptors (Lipinski definition) is 4. The van der Waals surface area contributed by atoms with E-state index in [9.17, 15) is 0 Å². The van der Waals surface area contributed by atoms with Gasteiger partial charge in [0.2, 0.25) is 0 Å². The number of aromatic nitrogens is 2. The summed E-state index contributed by atoms with van der Waals surface area (Å²) in [5.41, 5.74) is 1.59. The van der Waals surface area contributed by atoms with Gasteiger partial charge in [-0.2, -0.15) is 0 Å². The second-order valence-corrected chi connectivity index (χ2v) is 2.89. The zero-order valence-corrected chi connectivity index (χ0v) is 7.56. The first-order chi connectivity index (χ1) is 6.72. The molecule has 0 radical (unpaired) electrons. The normalized spacial score (nSPS) is 10.5. The fourth-order valence-corrected chi connectivity index (χ4v) is 1.36. The van der Waals surface area contributed by atoms with E-state index in [0.29, 0.717) is 22.2 Å². The van der Waals surface area contributed by atoms with Gasteiger partial charge in [-0.1, -0.05) is 0 Å². The molecule has 0 saturated carbocycles.